The molecule has 1 aromatic heterocycles. The van der Waals surface area contributed by atoms with E-state index in [0.717, 1.165) is 15.3 Å². The molecule has 3 aromatic rings. The Hall–Kier alpha value is -2.35. The van der Waals surface area contributed by atoms with Crippen LogP contribution in [0.25, 0.3) is 5.69 Å². The number of benzene rings is 2. The fourth-order valence-corrected chi connectivity index (χ4v) is 3.17. The summed E-state index contributed by atoms with van der Waals surface area (Å²) in [6, 6.07) is 11.4. The minimum absolute atomic E-state index is 0.205. The van der Waals surface area contributed by atoms with Gasteiger partial charge in [0.1, 0.15) is 5.56 Å². The lowest BCUT2D eigenvalue weighted by Crippen LogP contribution is -2.31. The molecule has 1 heterocycles. The molecule has 2 aromatic carbocycles. The maximum Gasteiger partial charge on any atom is 0.335 e. The van der Waals surface area contributed by atoms with Gasteiger partial charge in [-0.05, 0) is 30.3 Å². The molecule has 0 aliphatic heterocycles. The normalized spacial score (nSPS) is 11.2. The van der Waals surface area contributed by atoms with Gasteiger partial charge in [-0.1, -0.05) is 51.3 Å². The predicted octanol–water partition coefficient (Wildman–Crippen LogP) is 4.05. The molecule has 0 spiro atoms. The minimum atomic E-state index is -0.820. The predicted molar refractivity (Wildman–Crippen MR) is 106 cm³/mol. The summed E-state index contributed by atoms with van der Waals surface area (Å²) in [4.78, 5) is 30.5. The van der Waals surface area contributed by atoms with E-state index in [9.17, 15) is 14.7 Å². The first-order chi connectivity index (χ1) is 12.4. The summed E-state index contributed by atoms with van der Waals surface area (Å²) < 4.78 is 1.67. The monoisotopic (exact) mass is 453 g/mol. The molecule has 26 heavy (non-hydrogen) atoms. The van der Waals surface area contributed by atoms with E-state index in [-0.39, 0.29) is 16.3 Å². The van der Waals surface area contributed by atoms with Crippen LogP contribution in [0.1, 0.15) is 5.56 Å². The van der Waals surface area contributed by atoms with E-state index < -0.39 is 17.1 Å². The molecule has 0 atom stereocenters. The van der Waals surface area contributed by atoms with Crippen LogP contribution in [-0.4, -0.2) is 20.9 Å². The standard InChI is InChI=1S/C17H10BrCl2N3O3/c18-9-5-6-13(12(20)7-9)21-8-10-15(24)22-17(26)23(16(10)25)14-4-2-1-3-11(14)19/h1-8,25H,(H,22,24,26). The van der Waals surface area contributed by atoms with Crippen molar-refractivity contribution in [2.75, 3.05) is 0 Å². The molecule has 0 saturated carbocycles. The van der Waals surface area contributed by atoms with E-state index in [1.54, 1.807) is 36.4 Å². The first-order valence-corrected chi connectivity index (χ1v) is 8.75. The second-order valence-corrected chi connectivity index (χ2v) is 6.87. The van der Waals surface area contributed by atoms with Crippen molar-refractivity contribution in [2.24, 2.45) is 4.99 Å². The Morgan fingerprint density at radius 3 is 2.54 bits per heavy atom. The van der Waals surface area contributed by atoms with Crippen LogP contribution in [0.15, 0.2) is 61.5 Å². The van der Waals surface area contributed by atoms with Crippen molar-refractivity contribution in [3.63, 3.8) is 0 Å². The molecule has 6 nitrogen and oxygen atoms in total. The highest BCUT2D eigenvalue weighted by Gasteiger charge is 2.16. The van der Waals surface area contributed by atoms with Crippen molar-refractivity contribution in [1.29, 1.82) is 0 Å². The van der Waals surface area contributed by atoms with E-state index >= 15 is 0 Å². The van der Waals surface area contributed by atoms with Gasteiger partial charge in [0.25, 0.3) is 5.56 Å². The van der Waals surface area contributed by atoms with Gasteiger partial charge in [-0.15, -0.1) is 0 Å². The number of aromatic hydroxyl groups is 1. The van der Waals surface area contributed by atoms with Crippen LogP contribution >= 0.6 is 39.1 Å². The fourth-order valence-electron chi connectivity index (χ4n) is 2.23. The molecule has 0 fully saturated rings. The number of nitrogens with one attached hydrogen (secondary N) is 1. The minimum Gasteiger partial charge on any atom is -0.493 e. The van der Waals surface area contributed by atoms with Gasteiger partial charge in [-0.2, -0.15) is 0 Å². The lowest BCUT2D eigenvalue weighted by Gasteiger charge is -2.10. The summed E-state index contributed by atoms with van der Waals surface area (Å²) in [5.74, 6) is -0.580. The highest BCUT2D eigenvalue weighted by Crippen LogP contribution is 2.28. The third-order valence-electron chi connectivity index (χ3n) is 3.46. The van der Waals surface area contributed by atoms with Crippen molar-refractivity contribution in [2.45, 2.75) is 0 Å². The van der Waals surface area contributed by atoms with Gasteiger partial charge in [0, 0.05) is 10.7 Å². The summed E-state index contributed by atoms with van der Waals surface area (Å²) in [5, 5.41) is 11.1. The molecule has 0 bridgehead atoms. The van der Waals surface area contributed by atoms with Crippen LogP contribution in [0.3, 0.4) is 0 Å². The third-order valence-corrected chi connectivity index (χ3v) is 4.57. The lowest BCUT2D eigenvalue weighted by atomic mass is 10.2. The van der Waals surface area contributed by atoms with Gasteiger partial charge in [-0.3, -0.25) is 14.8 Å². The average Bonchev–Trinajstić information content (AvgIpc) is 2.57. The Labute approximate surface area is 165 Å². The van der Waals surface area contributed by atoms with Crippen LogP contribution in [0.5, 0.6) is 5.88 Å². The maximum absolute atomic E-state index is 12.1. The average molecular weight is 455 g/mol. The highest BCUT2D eigenvalue weighted by atomic mass is 79.9. The van der Waals surface area contributed by atoms with Crippen molar-refractivity contribution < 1.29 is 5.11 Å². The van der Waals surface area contributed by atoms with Crippen LogP contribution in [0, 0.1) is 0 Å². The van der Waals surface area contributed by atoms with Gasteiger partial charge >= 0.3 is 5.69 Å². The first-order valence-electron chi connectivity index (χ1n) is 7.21. The number of para-hydroxylation sites is 1. The summed E-state index contributed by atoms with van der Waals surface area (Å²) in [5.41, 5.74) is -1.19. The quantitative estimate of drug-likeness (QED) is 0.585. The van der Waals surface area contributed by atoms with Gasteiger partial charge in [0.2, 0.25) is 5.88 Å². The highest BCUT2D eigenvalue weighted by molar-refractivity contribution is 9.10. The molecule has 0 aliphatic carbocycles. The van der Waals surface area contributed by atoms with Crippen molar-refractivity contribution in [3.05, 3.63) is 83.4 Å². The van der Waals surface area contributed by atoms with Gasteiger partial charge in [0.05, 0.1) is 21.4 Å². The molecule has 0 unspecified atom stereocenters. The van der Waals surface area contributed by atoms with Crippen molar-refractivity contribution in [3.8, 4) is 11.6 Å². The topological polar surface area (TPSA) is 87.5 Å². The zero-order chi connectivity index (χ0) is 18.8. The van der Waals surface area contributed by atoms with Gasteiger partial charge < -0.3 is 5.11 Å². The number of hydrogen-bond acceptors (Lipinski definition) is 4. The molecule has 9 heteroatoms. The van der Waals surface area contributed by atoms with Gasteiger partial charge in [0.15, 0.2) is 0 Å². The molecule has 2 N–H and O–H groups in total. The number of halogens is 3. The Kier molecular flexibility index (Phi) is 5.31. The number of hydrogen-bond donors (Lipinski definition) is 2. The molecule has 0 saturated heterocycles. The smallest absolute Gasteiger partial charge is 0.335 e. The van der Waals surface area contributed by atoms with E-state index in [4.69, 9.17) is 23.2 Å². The number of aromatic nitrogens is 2. The van der Waals surface area contributed by atoms with E-state index in [1.807, 2.05) is 0 Å². The van der Waals surface area contributed by atoms with Crippen LogP contribution < -0.4 is 11.2 Å². The summed E-state index contributed by atoms with van der Waals surface area (Å²) in [7, 11) is 0. The molecule has 132 valence electrons. The molecule has 0 radical (unpaired) electrons. The molecule has 3 rings (SSSR count). The number of aliphatic imine (C=N–C) groups is 1. The summed E-state index contributed by atoms with van der Waals surface area (Å²) in [6.07, 6.45) is 1.13. The second-order valence-electron chi connectivity index (χ2n) is 5.14. The van der Waals surface area contributed by atoms with Crippen LogP contribution in [0.4, 0.5) is 5.69 Å². The third kappa shape index (κ3) is 3.60. The molecule has 0 aliphatic rings. The van der Waals surface area contributed by atoms with Crippen LogP contribution in [-0.2, 0) is 0 Å². The molecular weight excluding hydrogens is 445 g/mol. The SMILES string of the molecule is O=c1[nH]c(=O)n(-c2ccccc2Cl)c(O)c1C=Nc1ccc(Br)cc1Cl. The number of H-pyrrole nitrogens is 1. The Balaban J connectivity index is 2.16. The van der Waals surface area contributed by atoms with E-state index in [2.05, 4.69) is 25.9 Å². The van der Waals surface area contributed by atoms with E-state index in [0.29, 0.717) is 10.7 Å². The Bertz CT molecular complexity index is 1140. The fraction of sp³-hybridized carbons (Fsp3) is 0. The zero-order valence-electron chi connectivity index (χ0n) is 12.9. The largest absolute Gasteiger partial charge is 0.493 e. The second kappa shape index (κ2) is 7.49. The first kappa shape index (κ1) is 18.4. The van der Waals surface area contributed by atoms with Crippen molar-refractivity contribution in [1.82, 2.24) is 9.55 Å². The summed E-state index contributed by atoms with van der Waals surface area (Å²) >= 11 is 15.5. The zero-order valence-corrected chi connectivity index (χ0v) is 16.0. The van der Waals surface area contributed by atoms with Crippen molar-refractivity contribution >= 4 is 51.0 Å². The lowest BCUT2D eigenvalue weighted by molar-refractivity contribution is 0.430. The summed E-state index contributed by atoms with van der Waals surface area (Å²) in [6.45, 7) is 0. The number of nitrogens with zero attached hydrogens (tertiary/aromatic N) is 2. The number of aromatic amines is 1. The molecule has 0 amide bonds. The molecular formula is C17H10BrCl2N3O3. The Morgan fingerprint density at radius 1 is 1.12 bits per heavy atom. The van der Waals surface area contributed by atoms with Gasteiger partial charge in [-0.25, -0.2) is 9.36 Å². The van der Waals surface area contributed by atoms with E-state index in [1.165, 1.54) is 6.07 Å². The Morgan fingerprint density at radius 2 is 1.85 bits per heavy atom. The number of rotatable bonds is 3. The maximum atomic E-state index is 12.1. The van der Waals surface area contributed by atoms with Crippen LogP contribution in [0.2, 0.25) is 10.0 Å².